The average Bonchev–Trinajstić information content (AvgIpc) is 2.84. The number of nitrogens with zero attached hydrogens (tertiary/aromatic N) is 2. The van der Waals surface area contributed by atoms with Crippen molar-refractivity contribution < 1.29 is 4.79 Å². The molecular weight excluding hydrogens is 262 g/mol. The molecule has 1 N–H and O–H groups in total. The van der Waals surface area contributed by atoms with Gasteiger partial charge in [-0.3, -0.25) is 9.78 Å². The van der Waals surface area contributed by atoms with Gasteiger partial charge in [-0.05, 0) is 36.2 Å². The van der Waals surface area contributed by atoms with Crippen molar-refractivity contribution >= 4 is 16.8 Å². The minimum atomic E-state index is -0.0649. The fourth-order valence-electron chi connectivity index (χ4n) is 2.61. The monoisotopic (exact) mass is 279 g/mol. The molecule has 0 atom stereocenters. The highest BCUT2D eigenvalue weighted by Crippen LogP contribution is 2.22. The van der Waals surface area contributed by atoms with Crippen LogP contribution in [-0.4, -0.2) is 15.5 Å². The number of nitrogens with one attached hydrogen (secondary N) is 1. The van der Waals surface area contributed by atoms with Crippen LogP contribution in [0.4, 0.5) is 0 Å². The zero-order chi connectivity index (χ0) is 14.8. The minimum Gasteiger partial charge on any atom is -0.347 e. The van der Waals surface area contributed by atoms with Crippen molar-refractivity contribution in [1.29, 1.82) is 0 Å². The Kier molecular flexibility index (Phi) is 3.44. The van der Waals surface area contributed by atoms with Crippen molar-refractivity contribution in [3.63, 3.8) is 0 Å². The second-order valence-electron chi connectivity index (χ2n) is 5.14. The van der Waals surface area contributed by atoms with Gasteiger partial charge in [0.05, 0.1) is 5.52 Å². The number of aromatic nitrogens is 2. The van der Waals surface area contributed by atoms with Crippen molar-refractivity contribution in [2.75, 3.05) is 0 Å². The summed E-state index contributed by atoms with van der Waals surface area (Å²) in [5.41, 5.74) is 3.98. The molecule has 0 spiro atoms. The van der Waals surface area contributed by atoms with Gasteiger partial charge in [-0.2, -0.15) is 0 Å². The molecule has 0 aliphatic rings. The fraction of sp³-hybridized carbons (Fsp3) is 0.176. The van der Waals surface area contributed by atoms with Gasteiger partial charge < -0.3 is 9.88 Å². The Labute approximate surface area is 123 Å². The summed E-state index contributed by atoms with van der Waals surface area (Å²) in [6, 6.07) is 11.8. The lowest BCUT2D eigenvalue weighted by Gasteiger charge is -2.07. The van der Waals surface area contributed by atoms with Crippen LogP contribution >= 0.6 is 0 Å². The van der Waals surface area contributed by atoms with Gasteiger partial charge in [0.15, 0.2) is 0 Å². The highest BCUT2D eigenvalue weighted by molar-refractivity contribution is 5.99. The second-order valence-corrected chi connectivity index (χ2v) is 5.14. The summed E-state index contributed by atoms with van der Waals surface area (Å²) in [6.07, 6.45) is 3.45. The van der Waals surface area contributed by atoms with Crippen molar-refractivity contribution in [1.82, 2.24) is 14.9 Å². The predicted molar refractivity (Wildman–Crippen MR) is 83.1 cm³/mol. The normalized spacial score (nSPS) is 10.8. The van der Waals surface area contributed by atoms with Gasteiger partial charge in [-0.1, -0.05) is 18.2 Å². The smallest absolute Gasteiger partial charge is 0.268 e. The van der Waals surface area contributed by atoms with Crippen molar-refractivity contribution in [3.8, 4) is 0 Å². The Morgan fingerprint density at radius 2 is 2.00 bits per heavy atom. The summed E-state index contributed by atoms with van der Waals surface area (Å²) in [6.45, 7) is 2.56. The first-order valence-corrected chi connectivity index (χ1v) is 6.89. The third-order valence-corrected chi connectivity index (χ3v) is 3.69. The number of pyridine rings is 1. The summed E-state index contributed by atoms with van der Waals surface area (Å²) in [4.78, 5) is 16.3. The van der Waals surface area contributed by atoms with Crippen LogP contribution in [0.15, 0.2) is 48.8 Å². The molecule has 0 radical (unpaired) electrons. The van der Waals surface area contributed by atoms with E-state index in [0.29, 0.717) is 12.2 Å². The van der Waals surface area contributed by atoms with E-state index in [1.807, 2.05) is 41.9 Å². The second kappa shape index (κ2) is 5.40. The zero-order valence-electron chi connectivity index (χ0n) is 12.1. The molecule has 2 aromatic heterocycles. The van der Waals surface area contributed by atoms with E-state index in [2.05, 4.69) is 23.3 Å². The summed E-state index contributed by atoms with van der Waals surface area (Å²) in [5.74, 6) is -0.0649. The van der Waals surface area contributed by atoms with Gasteiger partial charge in [-0.25, -0.2) is 0 Å². The number of rotatable bonds is 3. The van der Waals surface area contributed by atoms with Gasteiger partial charge in [0.2, 0.25) is 0 Å². The Morgan fingerprint density at radius 1 is 1.24 bits per heavy atom. The maximum absolute atomic E-state index is 12.4. The van der Waals surface area contributed by atoms with E-state index < -0.39 is 0 Å². The summed E-state index contributed by atoms with van der Waals surface area (Å²) in [7, 11) is 1.93. The molecule has 0 saturated carbocycles. The van der Waals surface area contributed by atoms with Crippen LogP contribution in [0.5, 0.6) is 0 Å². The first-order valence-electron chi connectivity index (χ1n) is 6.89. The molecule has 3 aromatic rings. The summed E-state index contributed by atoms with van der Waals surface area (Å²) >= 11 is 0. The maximum atomic E-state index is 12.4. The van der Waals surface area contributed by atoms with Gasteiger partial charge >= 0.3 is 0 Å². The van der Waals surface area contributed by atoms with Crippen LogP contribution in [0, 0.1) is 6.92 Å². The number of benzene rings is 1. The van der Waals surface area contributed by atoms with Gasteiger partial charge in [0.25, 0.3) is 5.91 Å². The van der Waals surface area contributed by atoms with Crippen molar-refractivity contribution in [2.45, 2.75) is 13.5 Å². The fourth-order valence-corrected chi connectivity index (χ4v) is 2.61. The molecule has 0 aliphatic heterocycles. The average molecular weight is 279 g/mol. The summed E-state index contributed by atoms with van der Waals surface area (Å²) in [5, 5.41) is 4.04. The standard InChI is InChI=1S/C17H17N3O/c1-12-4-3-5-14-10-15(20(2)16(12)14)17(21)19-11-13-6-8-18-9-7-13/h3-10H,11H2,1-2H3,(H,19,21). The predicted octanol–water partition coefficient (Wildman–Crippen LogP) is 2.81. The zero-order valence-corrected chi connectivity index (χ0v) is 12.1. The number of para-hydroxylation sites is 1. The lowest BCUT2D eigenvalue weighted by Crippen LogP contribution is -2.24. The van der Waals surface area contributed by atoms with E-state index in [0.717, 1.165) is 16.5 Å². The Balaban J connectivity index is 1.85. The Bertz CT molecular complexity index is 790. The number of amides is 1. The highest BCUT2D eigenvalue weighted by Gasteiger charge is 2.13. The number of aryl methyl sites for hydroxylation is 2. The number of fused-ring (bicyclic) bond motifs is 1. The van der Waals surface area contributed by atoms with Crippen LogP contribution in [0.2, 0.25) is 0 Å². The lowest BCUT2D eigenvalue weighted by atomic mass is 10.2. The molecule has 1 amide bonds. The van der Waals surface area contributed by atoms with Crippen LogP contribution in [-0.2, 0) is 13.6 Å². The van der Waals surface area contributed by atoms with E-state index in [1.165, 1.54) is 5.56 Å². The Morgan fingerprint density at radius 3 is 2.71 bits per heavy atom. The molecule has 4 heteroatoms. The first kappa shape index (κ1) is 13.4. The molecule has 21 heavy (non-hydrogen) atoms. The number of hydrogen-bond donors (Lipinski definition) is 1. The quantitative estimate of drug-likeness (QED) is 0.801. The number of carbonyl (C=O) groups excluding carboxylic acids is 1. The van der Waals surface area contributed by atoms with E-state index in [4.69, 9.17) is 0 Å². The largest absolute Gasteiger partial charge is 0.347 e. The minimum absolute atomic E-state index is 0.0649. The molecule has 1 aromatic carbocycles. The van der Waals surface area contributed by atoms with Gasteiger partial charge in [-0.15, -0.1) is 0 Å². The molecule has 0 fully saturated rings. The third kappa shape index (κ3) is 2.52. The summed E-state index contributed by atoms with van der Waals surface area (Å²) < 4.78 is 1.95. The molecule has 2 heterocycles. The van der Waals surface area contributed by atoms with Crippen molar-refractivity contribution in [2.24, 2.45) is 7.05 Å². The SMILES string of the molecule is Cc1cccc2cc(C(=O)NCc3ccncc3)n(C)c12. The molecular formula is C17H17N3O. The third-order valence-electron chi connectivity index (χ3n) is 3.69. The first-order chi connectivity index (χ1) is 10.2. The number of carbonyl (C=O) groups is 1. The van der Waals surface area contributed by atoms with Gasteiger partial charge in [0.1, 0.15) is 5.69 Å². The van der Waals surface area contributed by atoms with E-state index >= 15 is 0 Å². The Hall–Kier alpha value is -2.62. The van der Waals surface area contributed by atoms with Crippen molar-refractivity contribution in [3.05, 3.63) is 65.6 Å². The molecule has 0 aliphatic carbocycles. The van der Waals surface area contributed by atoms with Crippen LogP contribution in [0.25, 0.3) is 10.9 Å². The van der Waals surface area contributed by atoms with Crippen LogP contribution < -0.4 is 5.32 Å². The van der Waals surface area contributed by atoms with E-state index in [9.17, 15) is 4.79 Å². The number of hydrogen-bond acceptors (Lipinski definition) is 2. The van der Waals surface area contributed by atoms with E-state index in [-0.39, 0.29) is 5.91 Å². The molecule has 3 rings (SSSR count). The molecule has 0 unspecified atom stereocenters. The topological polar surface area (TPSA) is 46.9 Å². The molecule has 0 saturated heterocycles. The van der Waals surface area contributed by atoms with E-state index in [1.54, 1.807) is 12.4 Å². The molecule has 106 valence electrons. The maximum Gasteiger partial charge on any atom is 0.268 e. The molecule has 4 nitrogen and oxygen atoms in total. The van der Waals surface area contributed by atoms with Crippen LogP contribution in [0.1, 0.15) is 21.6 Å². The van der Waals surface area contributed by atoms with Gasteiger partial charge in [0, 0.05) is 31.4 Å². The molecule has 0 bridgehead atoms. The highest BCUT2D eigenvalue weighted by atomic mass is 16.1. The lowest BCUT2D eigenvalue weighted by molar-refractivity contribution is 0.0943. The van der Waals surface area contributed by atoms with Crippen LogP contribution in [0.3, 0.4) is 0 Å².